The molecule has 0 amide bonds. The molecule has 0 saturated carbocycles. The largest absolute Gasteiger partial charge is 0.513 e. The van der Waals surface area contributed by atoms with Crippen molar-refractivity contribution in [1.29, 1.82) is 0 Å². The lowest BCUT2D eigenvalue weighted by Crippen LogP contribution is -2.12. The Kier molecular flexibility index (Phi) is 3.40. The third-order valence-corrected chi connectivity index (χ3v) is 3.23. The summed E-state index contributed by atoms with van der Waals surface area (Å²) < 4.78 is 20.4. The number of benzene rings is 1. The fourth-order valence-corrected chi connectivity index (χ4v) is 2.08. The summed E-state index contributed by atoms with van der Waals surface area (Å²) in [5.74, 6) is 0.598. The standard InChI is InChI=1S/C14H16O5/c1-16-14(15)19-13-9(5-11-7-17-11)3-2-4-10(13)6-12-8-18-12/h2-4,11-12H,5-8H2,1H3. The smallest absolute Gasteiger partial charge is 0.437 e. The third-order valence-electron chi connectivity index (χ3n) is 3.23. The Bertz CT molecular complexity index is 444. The van der Waals surface area contributed by atoms with Crippen LogP contribution in [-0.4, -0.2) is 38.7 Å². The van der Waals surface area contributed by atoms with Crippen molar-refractivity contribution < 1.29 is 23.7 Å². The maximum Gasteiger partial charge on any atom is 0.513 e. The Morgan fingerprint density at radius 2 is 1.74 bits per heavy atom. The first-order valence-corrected chi connectivity index (χ1v) is 6.36. The lowest BCUT2D eigenvalue weighted by Gasteiger charge is -2.13. The highest BCUT2D eigenvalue weighted by Crippen LogP contribution is 2.31. The number of hydrogen-bond donors (Lipinski definition) is 0. The molecule has 1 aromatic carbocycles. The van der Waals surface area contributed by atoms with Crippen LogP contribution in [0.4, 0.5) is 4.79 Å². The second kappa shape index (κ2) is 5.19. The number of rotatable bonds is 5. The van der Waals surface area contributed by atoms with Crippen LogP contribution >= 0.6 is 0 Å². The number of carbonyl (C=O) groups excluding carboxylic acids is 1. The van der Waals surface area contributed by atoms with Crippen LogP contribution < -0.4 is 4.74 Å². The van der Waals surface area contributed by atoms with Crippen molar-refractivity contribution in [3.8, 4) is 5.75 Å². The van der Waals surface area contributed by atoms with Gasteiger partial charge in [-0.25, -0.2) is 4.79 Å². The molecule has 0 N–H and O–H groups in total. The number of hydrogen-bond acceptors (Lipinski definition) is 5. The minimum Gasteiger partial charge on any atom is -0.437 e. The molecular formula is C14H16O5. The maximum absolute atomic E-state index is 11.4. The zero-order valence-corrected chi connectivity index (χ0v) is 10.8. The zero-order valence-electron chi connectivity index (χ0n) is 10.8. The summed E-state index contributed by atoms with van der Waals surface area (Å²) in [6.45, 7) is 1.54. The van der Waals surface area contributed by atoms with Gasteiger partial charge < -0.3 is 18.9 Å². The predicted octanol–water partition coefficient (Wildman–Crippen LogP) is 1.71. The van der Waals surface area contributed by atoms with Crippen LogP contribution in [-0.2, 0) is 27.1 Å². The van der Waals surface area contributed by atoms with E-state index in [1.807, 2.05) is 18.2 Å². The summed E-state index contributed by atoms with van der Waals surface area (Å²) in [7, 11) is 1.30. The summed E-state index contributed by atoms with van der Waals surface area (Å²) in [6.07, 6.45) is 1.30. The van der Waals surface area contributed by atoms with E-state index in [0.29, 0.717) is 5.75 Å². The van der Waals surface area contributed by atoms with Gasteiger partial charge in [-0.1, -0.05) is 18.2 Å². The van der Waals surface area contributed by atoms with Crippen LogP contribution in [0.25, 0.3) is 0 Å². The van der Waals surface area contributed by atoms with Crippen molar-refractivity contribution in [3.63, 3.8) is 0 Å². The Labute approximate surface area is 111 Å². The Balaban J connectivity index is 1.84. The summed E-state index contributed by atoms with van der Waals surface area (Å²) in [6, 6.07) is 5.88. The fraction of sp³-hybridized carbons (Fsp3) is 0.500. The van der Waals surface area contributed by atoms with Gasteiger partial charge in [0.25, 0.3) is 0 Å². The molecular weight excluding hydrogens is 248 g/mol. The van der Waals surface area contributed by atoms with Crippen LogP contribution in [0, 0.1) is 0 Å². The molecule has 3 rings (SSSR count). The topological polar surface area (TPSA) is 60.6 Å². The van der Waals surface area contributed by atoms with E-state index in [2.05, 4.69) is 4.74 Å². The lowest BCUT2D eigenvalue weighted by atomic mass is 10.0. The molecule has 0 bridgehead atoms. The summed E-state index contributed by atoms with van der Waals surface area (Å²) in [5, 5.41) is 0. The van der Waals surface area contributed by atoms with Gasteiger partial charge in [0.1, 0.15) is 5.75 Å². The van der Waals surface area contributed by atoms with Crippen molar-refractivity contribution in [3.05, 3.63) is 29.3 Å². The zero-order chi connectivity index (χ0) is 13.2. The highest BCUT2D eigenvalue weighted by molar-refractivity contribution is 5.65. The molecule has 0 aliphatic carbocycles. The van der Waals surface area contributed by atoms with Gasteiger partial charge in [0.2, 0.25) is 0 Å². The van der Waals surface area contributed by atoms with Gasteiger partial charge in [-0.2, -0.15) is 0 Å². The number of carbonyl (C=O) groups is 1. The highest BCUT2D eigenvalue weighted by Gasteiger charge is 2.28. The third kappa shape index (κ3) is 3.24. The van der Waals surface area contributed by atoms with Gasteiger partial charge in [-0.15, -0.1) is 0 Å². The molecule has 102 valence electrons. The molecule has 2 aliphatic rings. The fourth-order valence-electron chi connectivity index (χ4n) is 2.08. The van der Waals surface area contributed by atoms with E-state index >= 15 is 0 Å². The van der Waals surface area contributed by atoms with Crippen molar-refractivity contribution in [1.82, 2.24) is 0 Å². The molecule has 2 unspecified atom stereocenters. The number of ether oxygens (including phenoxy) is 4. The molecule has 0 aromatic heterocycles. The summed E-state index contributed by atoms with van der Waals surface area (Å²) in [4.78, 5) is 11.4. The highest BCUT2D eigenvalue weighted by atomic mass is 16.7. The Morgan fingerprint density at radius 1 is 1.21 bits per heavy atom. The normalized spacial score (nSPS) is 23.8. The molecule has 2 fully saturated rings. The van der Waals surface area contributed by atoms with Crippen molar-refractivity contribution >= 4 is 6.16 Å². The SMILES string of the molecule is COC(=O)Oc1c(CC2CO2)cccc1CC1CO1. The van der Waals surface area contributed by atoms with Gasteiger partial charge >= 0.3 is 6.16 Å². The van der Waals surface area contributed by atoms with Crippen LogP contribution in [0.2, 0.25) is 0 Å². The number of methoxy groups -OCH3 is 1. The molecule has 2 heterocycles. The molecule has 0 radical (unpaired) electrons. The monoisotopic (exact) mass is 264 g/mol. The van der Waals surface area contributed by atoms with Gasteiger partial charge in [-0.3, -0.25) is 0 Å². The van der Waals surface area contributed by atoms with Crippen LogP contribution in [0.15, 0.2) is 18.2 Å². The first-order valence-electron chi connectivity index (χ1n) is 6.36. The van der Waals surface area contributed by atoms with E-state index in [0.717, 1.165) is 37.2 Å². The Morgan fingerprint density at radius 3 is 2.16 bits per heavy atom. The van der Waals surface area contributed by atoms with Gasteiger partial charge in [0, 0.05) is 12.8 Å². The van der Waals surface area contributed by atoms with E-state index < -0.39 is 6.16 Å². The molecule has 1 aromatic rings. The second-order valence-corrected chi connectivity index (χ2v) is 4.78. The van der Waals surface area contributed by atoms with E-state index in [1.165, 1.54) is 7.11 Å². The average molecular weight is 264 g/mol. The number of epoxide rings is 2. The predicted molar refractivity (Wildman–Crippen MR) is 66.4 cm³/mol. The number of para-hydroxylation sites is 1. The average Bonchev–Trinajstić information content (AvgIpc) is 3.28. The van der Waals surface area contributed by atoms with Crippen molar-refractivity contribution in [2.45, 2.75) is 25.0 Å². The Hall–Kier alpha value is -1.59. The molecule has 5 heteroatoms. The van der Waals surface area contributed by atoms with Crippen LogP contribution in [0.5, 0.6) is 5.75 Å². The first-order chi connectivity index (χ1) is 9.26. The van der Waals surface area contributed by atoms with E-state index in [-0.39, 0.29) is 12.2 Å². The van der Waals surface area contributed by atoms with Crippen LogP contribution in [0.1, 0.15) is 11.1 Å². The molecule has 5 nitrogen and oxygen atoms in total. The minimum atomic E-state index is -0.692. The second-order valence-electron chi connectivity index (χ2n) is 4.78. The summed E-state index contributed by atoms with van der Waals surface area (Å²) in [5.41, 5.74) is 1.96. The van der Waals surface area contributed by atoms with Gasteiger partial charge in [-0.05, 0) is 11.1 Å². The molecule has 2 atom stereocenters. The lowest BCUT2D eigenvalue weighted by molar-refractivity contribution is 0.120. The summed E-state index contributed by atoms with van der Waals surface area (Å²) >= 11 is 0. The van der Waals surface area contributed by atoms with Gasteiger partial charge in [0.15, 0.2) is 0 Å². The molecule has 19 heavy (non-hydrogen) atoms. The van der Waals surface area contributed by atoms with Gasteiger partial charge in [0.05, 0.1) is 32.5 Å². The van der Waals surface area contributed by atoms with Crippen molar-refractivity contribution in [2.24, 2.45) is 0 Å². The maximum atomic E-state index is 11.4. The van der Waals surface area contributed by atoms with E-state index in [4.69, 9.17) is 14.2 Å². The molecule has 0 spiro atoms. The van der Waals surface area contributed by atoms with E-state index in [9.17, 15) is 4.79 Å². The van der Waals surface area contributed by atoms with Crippen molar-refractivity contribution in [2.75, 3.05) is 20.3 Å². The minimum absolute atomic E-state index is 0.243. The van der Waals surface area contributed by atoms with E-state index in [1.54, 1.807) is 0 Å². The van der Waals surface area contributed by atoms with Crippen LogP contribution in [0.3, 0.4) is 0 Å². The quantitative estimate of drug-likeness (QED) is 0.460. The molecule has 2 aliphatic heterocycles. The molecule has 2 saturated heterocycles. The first kappa shape index (κ1) is 12.4.